The number of rotatable bonds is 7. The SMILES string of the molecule is CC(=O)Nc1ccc(CCNC(=O)CCC2CCNCC2)cc1. The molecule has 1 aromatic carbocycles. The van der Waals surface area contributed by atoms with E-state index in [2.05, 4.69) is 16.0 Å². The second-order valence-corrected chi connectivity index (χ2v) is 6.21. The van der Waals surface area contributed by atoms with Crippen LogP contribution in [0.15, 0.2) is 24.3 Å². The fourth-order valence-electron chi connectivity index (χ4n) is 2.90. The van der Waals surface area contributed by atoms with Gasteiger partial charge < -0.3 is 16.0 Å². The smallest absolute Gasteiger partial charge is 0.221 e. The molecule has 3 N–H and O–H groups in total. The summed E-state index contributed by atoms with van der Waals surface area (Å²) in [4.78, 5) is 22.8. The third-order valence-electron chi connectivity index (χ3n) is 4.25. The molecule has 1 aromatic rings. The van der Waals surface area contributed by atoms with E-state index in [1.165, 1.54) is 19.8 Å². The molecule has 1 fully saturated rings. The van der Waals surface area contributed by atoms with Crippen molar-refractivity contribution in [2.75, 3.05) is 25.0 Å². The number of hydrogen-bond donors (Lipinski definition) is 3. The number of piperidine rings is 1. The number of anilines is 1. The van der Waals surface area contributed by atoms with Crippen molar-refractivity contribution < 1.29 is 9.59 Å². The molecule has 5 nitrogen and oxygen atoms in total. The highest BCUT2D eigenvalue weighted by atomic mass is 16.2. The number of benzene rings is 1. The summed E-state index contributed by atoms with van der Waals surface area (Å²) in [5.74, 6) is 0.778. The van der Waals surface area contributed by atoms with Gasteiger partial charge in [-0.1, -0.05) is 12.1 Å². The Morgan fingerprint density at radius 1 is 1.17 bits per heavy atom. The summed E-state index contributed by atoms with van der Waals surface area (Å²) in [5, 5.41) is 9.08. The van der Waals surface area contributed by atoms with Gasteiger partial charge in [-0.3, -0.25) is 9.59 Å². The van der Waals surface area contributed by atoms with E-state index in [-0.39, 0.29) is 11.8 Å². The lowest BCUT2D eigenvalue weighted by molar-refractivity contribution is -0.121. The molecule has 0 unspecified atom stereocenters. The van der Waals surface area contributed by atoms with Gasteiger partial charge in [0.25, 0.3) is 0 Å². The third kappa shape index (κ3) is 6.82. The van der Waals surface area contributed by atoms with Crippen LogP contribution < -0.4 is 16.0 Å². The second kappa shape index (κ2) is 9.30. The molecular formula is C18H27N3O2. The first kappa shape index (κ1) is 17.5. The first-order valence-corrected chi connectivity index (χ1v) is 8.47. The summed E-state index contributed by atoms with van der Waals surface area (Å²) in [6.07, 6.45) is 4.81. The Labute approximate surface area is 138 Å². The lowest BCUT2D eigenvalue weighted by Crippen LogP contribution is -2.30. The number of carbonyl (C=O) groups is 2. The molecule has 0 spiro atoms. The largest absolute Gasteiger partial charge is 0.356 e. The fraction of sp³-hybridized carbons (Fsp3) is 0.556. The van der Waals surface area contributed by atoms with Crippen LogP contribution in [-0.2, 0) is 16.0 Å². The number of carbonyl (C=O) groups excluding carboxylic acids is 2. The Kier molecular flexibility index (Phi) is 7.07. The Bertz CT molecular complexity index is 508. The minimum Gasteiger partial charge on any atom is -0.356 e. The average molecular weight is 317 g/mol. The fourth-order valence-corrected chi connectivity index (χ4v) is 2.90. The van der Waals surface area contributed by atoms with Crippen molar-refractivity contribution in [2.45, 2.75) is 39.0 Å². The molecule has 2 amide bonds. The van der Waals surface area contributed by atoms with E-state index < -0.39 is 0 Å². The Morgan fingerprint density at radius 3 is 2.52 bits per heavy atom. The molecule has 0 atom stereocenters. The molecule has 0 aromatic heterocycles. The van der Waals surface area contributed by atoms with Crippen LogP contribution in [0.25, 0.3) is 0 Å². The van der Waals surface area contributed by atoms with Crippen LogP contribution in [0.4, 0.5) is 5.69 Å². The van der Waals surface area contributed by atoms with Gasteiger partial charge in [0.05, 0.1) is 0 Å². The number of nitrogens with one attached hydrogen (secondary N) is 3. The van der Waals surface area contributed by atoms with Crippen molar-refractivity contribution in [3.05, 3.63) is 29.8 Å². The zero-order valence-electron chi connectivity index (χ0n) is 13.9. The first-order valence-electron chi connectivity index (χ1n) is 8.47. The maximum Gasteiger partial charge on any atom is 0.221 e. The summed E-state index contributed by atoms with van der Waals surface area (Å²) in [6, 6.07) is 7.73. The van der Waals surface area contributed by atoms with Crippen molar-refractivity contribution in [3.63, 3.8) is 0 Å². The molecule has 1 aliphatic rings. The van der Waals surface area contributed by atoms with Crippen LogP contribution in [0.2, 0.25) is 0 Å². The zero-order chi connectivity index (χ0) is 16.5. The molecule has 1 aliphatic heterocycles. The zero-order valence-corrected chi connectivity index (χ0v) is 13.9. The Hall–Kier alpha value is -1.88. The number of hydrogen-bond acceptors (Lipinski definition) is 3. The topological polar surface area (TPSA) is 70.2 Å². The third-order valence-corrected chi connectivity index (χ3v) is 4.25. The summed E-state index contributed by atoms with van der Waals surface area (Å²) in [6.45, 7) is 4.32. The van der Waals surface area contributed by atoms with E-state index >= 15 is 0 Å². The summed E-state index contributed by atoms with van der Waals surface area (Å²) >= 11 is 0. The van der Waals surface area contributed by atoms with E-state index in [1.54, 1.807) is 0 Å². The first-order chi connectivity index (χ1) is 11.1. The van der Waals surface area contributed by atoms with Crippen molar-refractivity contribution in [3.8, 4) is 0 Å². The molecule has 126 valence electrons. The van der Waals surface area contributed by atoms with Gasteiger partial charge >= 0.3 is 0 Å². The van der Waals surface area contributed by atoms with E-state index in [9.17, 15) is 9.59 Å². The lowest BCUT2D eigenvalue weighted by Gasteiger charge is -2.22. The molecule has 0 bridgehead atoms. The van der Waals surface area contributed by atoms with Crippen LogP contribution in [0, 0.1) is 5.92 Å². The standard InChI is InChI=1S/C18H27N3O2/c1-14(22)21-17-5-2-15(3-6-17)10-13-20-18(23)7-4-16-8-11-19-12-9-16/h2-3,5-6,16,19H,4,7-13H2,1H3,(H,20,23)(H,21,22). The molecule has 5 heteroatoms. The van der Waals surface area contributed by atoms with Gasteiger partial charge in [0.15, 0.2) is 0 Å². The molecule has 2 rings (SSSR count). The highest BCUT2D eigenvalue weighted by Gasteiger charge is 2.14. The van der Waals surface area contributed by atoms with Gasteiger partial charge in [0.1, 0.15) is 0 Å². The minimum absolute atomic E-state index is 0.0706. The van der Waals surface area contributed by atoms with Gasteiger partial charge in [0.2, 0.25) is 11.8 Å². The average Bonchev–Trinajstić information content (AvgIpc) is 2.55. The molecule has 0 radical (unpaired) electrons. The molecular weight excluding hydrogens is 290 g/mol. The van der Waals surface area contributed by atoms with Crippen LogP contribution in [0.5, 0.6) is 0 Å². The van der Waals surface area contributed by atoms with E-state index in [0.29, 0.717) is 18.9 Å². The predicted molar refractivity (Wildman–Crippen MR) is 92.3 cm³/mol. The Balaban J connectivity index is 1.61. The van der Waals surface area contributed by atoms with Gasteiger partial charge in [-0.2, -0.15) is 0 Å². The van der Waals surface area contributed by atoms with Crippen LogP contribution >= 0.6 is 0 Å². The highest BCUT2D eigenvalue weighted by molar-refractivity contribution is 5.88. The maximum atomic E-state index is 11.9. The summed E-state index contributed by atoms with van der Waals surface area (Å²) < 4.78 is 0. The predicted octanol–water partition coefficient (Wildman–Crippen LogP) is 2.08. The van der Waals surface area contributed by atoms with E-state index in [0.717, 1.165) is 37.2 Å². The summed E-state index contributed by atoms with van der Waals surface area (Å²) in [7, 11) is 0. The second-order valence-electron chi connectivity index (χ2n) is 6.21. The van der Waals surface area contributed by atoms with E-state index in [4.69, 9.17) is 0 Å². The van der Waals surface area contributed by atoms with Gasteiger partial charge in [-0.05, 0) is 62.4 Å². The maximum absolute atomic E-state index is 11.9. The van der Waals surface area contributed by atoms with Crippen molar-refractivity contribution in [1.82, 2.24) is 10.6 Å². The lowest BCUT2D eigenvalue weighted by atomic mass is 9.93. The monoisotopic (exact) mass is 317 g/mol. The molecule has 1 saturated heterocycles. The molecule has 1 heterocycles. The van der Waals surface area contributed by atoms with Crippen molar-refractivity contribution in [1.29, 1.82) is 0 Å². The highest BCUT2D eigenvalue weighted by Crippen LogP contribution is 2.17. The van der Waals surface area contributed by atoms with Crippen molar-refractivity contribution in [2.24, 2.45) is 5.92 Å². The normalized spacial score (nSPS) is 15.2. The van der Waals surface area contributed by atoms with Gasteiger partial charge in [-0.15, -0.1) is 0 Å². The number of amides is 2. The van der Waals surface area contributed by atoms with E-state index in [1.807, 2.05) is 24.3 Å². The minimum atomic E-state index is -0.0706. The van der Waals surface area contributed by atoms with Crippen LogP contribution in [0.1, 0.15) is 38.2 Å². The molecule has 0 saturated carbocycles. The Morgan fingerprint density at radius 2 is 1.87 bits per heavy atom. The summed E-state index contributed by atoms with van der Waals surface area (Å²) in [5.41, 5.74) is 1.95. The van der Waals surface area contributed by atoms with Gasteiger partial charge in [-0.25, -0.2) is 0 Å². The molecule has 0 aliphatic carbocycles. The quantitative estimate of drug-likeness (QED) is 0.721. The van der Waals surface area contributed by atoms with Gasteiger partial charge in [0, 0.05) is 25.6 Å². The van der Waals surface area contributed by atoms with Crippen LogP contribution in [-0.4, -0.2) is 31.4 Å². The van der Waals surface area contributed by atoms with Crippen LogP contribution in [0.3, 0.4) is 0 Å². The van der Waals surface area contributed by atoms with Crippen molar-refractivity contribution >= 4 is 17.5 Å². The molecule has 23 heavy (non-hydrogen) atoms.